The number of carboxylic acids is 1. The number of imide groups is 1. The molecule has 0 bridgehead atoms. The third-order valence-corrected chi connectivity index (χ3v) is 4.55. The third-order valence-electron chi connectivity index (χ3n) is 4.55. The molecular formula is C22H12NO5-. The maximum absolute atomic E-state index is 12.8. The molecule has 28 heavy (non-hydrogen) atoms. The van der Waals surface area contributed by atoms with E-state index in [1.165, 1.54) is 42.5 Å². The first kappa shape index (κ1) is 17.4. The Morgan fingerprint density at radius 1 is 0.679 bits per heavy atom. The Labute approximate surface area is 159 Å². The lowest BCUT2D eigenvalue weighted by molar-refractivity contribution is -0.255. The minimum absolute atomic E-state index is 0.0592. The molecule has 3 aromatic rings. The molecule has 1 aliphatic heterocycles. The van der Waals surface area contributed by atoms with Crippen LogP contribution in [-0.4, -0.2) is 23.6 Å². The summed E-state index contributed by atoms with van der Waals surface area (Å²) in [6.07, 6.45) is 0. The standard InChI is InChI=1S/C22H13NO5/c24-19(13-4-2-1-3-5-13)15-8-11-17-18(12-15)21(26)23(20(17)25)16-9-6-14(7-10-16)22(27)28/h1-12H,(H,27,28)/p-1. The number of rotatable bonds is 4. The highest BCUT2D eigenvalue weighted by atomic mass is 16.4. The molecule has 136 valence electrons. The first-order chi connectivity index (χ1) is 13.5. The zero-order chi connectivity index (χ0) is 19.8. The van der Waals surface area contributed by atoms with E-state index in [0.717, 1.165) is 4.90 Å². The number of ketones is 1. The highest BCUT2D eigenvalue weighted by Gasteiger charge is 2.37. The summed E-state index contributed by atoms with van der Waals surface area (Å²) >= 11 is 0. The van der Waals surface area contributed by atoms with Crippen molar-refractivity contribution in [2.24, 2.45) is 0 Å². The molecule has 0 spiro atoms. The molecule has 0 aromatic heterocycles. The van der Waals surface area contributed by atoms with Gasteiger partial charge in [-0.15, -0.1) is 0 Å². The average Bonchev–Trinajstić information content (AvgIpc) is 2.98. The zero-order valence-electron chi connectivity index (χ0n) is 14.4. The normalized spacial score (nSPS) is 12.8. The smallest absolute Gasteiger partial charge is 0.266 e. The van der Waals surface area contributed by atoms with E-state index in [4.69, 9.17) is 0 Å². The molecule has 1 heterocycles. The fraction of sp³-hybridized carbons (Fsp3) is 0. The van der Waals surface area contributed by atoms with Gasteiger partial charge in [-0.1, -0.05) is 48.5 Å². The van der Waals surface area contributed by atoms with E-state index >= 15 is 0 Å². The van der Waals surface area contributed by atoms with Gasteiger partial charge >= 0.3 is 0 Å². The summed E-state index contributed by atoms with van der Waals surface area (Å²) < 4.78 is 0. The van der Waals surface area contributed by atoms with Gasteiger partial charge in [-0.2, -0.15) is 0 Å². The Morgan fingerprint density at radius 3 is 1.93 bits per heavy atom. The van der Waals surface area contributed by atoms with Crippen LogP contribution in [0.3, 0.4) is 0 Å². The Bertz CT molecular complexity index is 1130. The Balaban J connectivity index is 1.69. The summed E-state index contributed by atoms with van der Waals surface area (Å²) in [5.74, 6) is -2.69. The minimum Gasteiger partial charge on any atom is -0.545 e. The topological polar surface area (TPSA) is 94.6 Å². The van der Waals surface area contributed by atoms with Crippen molar-refractivity contribution >= 4 is 29.3 Å². The molecule has 0 radical (unpaired) electrons. The van der Waals surface area contributed by atoms with Gasteiger partial charge in [0.05, 0.1) is 22.8 Å². The van der Waals surface area contributed by atoms with Crippen LogP contribution < -0.4 is 10.0 Å². The van der Waals surface area contributed by atoms with Gasteiger partial charge in [0.2, 0.25) is 0 Å². The van der Waals surface area contributed by atoms with Gasteiger partial charge in [0.15, 0.2) is 5.78 Å². The van der Waals surface area contributed by atoms with E-state index in [0.29, 0.717) is 11.1 Å². The van der Waals surface area contributed by atoms with Crippen LogP contribution in [0.4, 0.5) is 5.69 Å². The zero-order valence-corrected chi connectivity index (χ0v) is 14.4. The summed E-state index contributed by atoms with van der Waals surface area (Å²) in [5.41, 5.74) is 1.30. The number of fused-ring (bicyclic) bond motifs is 1. The number of amides is 2. The number of hydrogen-bond donors (Lipinski definition) is 0. The van der Waals surface area contributed by atoms with E-state index in [-0.39, 0.29) is 28.2 Å². The largest absolute Gasteiger partial charge is 0.545 e. The second-order valence-corrected chi connectivity index (χ2v) is 6.24. The monoisotopic (exact) mass is 370 g/mol. The van der Waals surface area contributed by atoms with Gasteiger partial charge in [0, 0.05) is 11.1 Å². The first-order valence-corrected chi connectivity index (χ1v) is 8.41. The molecule has 6 nitrogen and oxygen atoms in total. The van der Waals surface area contributed by atoms with Crippen LogP contribution in [0.1, 0.15) is 47.0 Å². The number of nitrogens with zero attached hydrogens (tertiary/aromatic N) is 1. The summed E-state index contributed by atoms with van der Waals surface area (Å²) in [5, 5.41) is 10.9. The van der Waals surface area contributed by atoms with Crippen LogP contribution in [0, 0.1) is 0 Å². The second-order valence-electron chi connectivity index (χ2n) is 6.24. The molecule has 0 unspecified atom stereocenters. The fourth-order valence-corrected chi connectivity index (χ4v) is 3.12. The molecule has 0 saturated heterocycles. The maximum Gasteiger partial charge on any atom is 0.266 e. The van der Waals surface area contributed by atoms with Gasteiger partial charge in [-0.25, -0.2) is 4.90 Å². The van der Waals surface area contributed by atoms with Gasteiger partial charge in [-0.05, 0) is 29.8 Å². The molecule has 0 aliphatic carbocycles. The number of carbonyl (C=O) groups excluding carboxylic acids is 4. The molecular weight excluding hydrogens is 358 g/mol. The van der Waals surface area contributed by atoms with Crippen molar-refractivity contribution in [3.8, 4) is 0 Å². The predicted molar refractivity (Wildman–Crippen MR) is 98.2 cm³/mol. The van der Waals surface area contributed by atoms with Crippen LogP contribution in [0.25, 0.3) is 0 Å². The molecule has 1 aliphatic rings. The van der Waals surface area contributed by atoms with Crippen LogP contribution in [0.15, 0.2) is 72.8 Å². The summed E-state index contributed by atoms with van der Waals surface area (Å²) in [6.45, 7) is 0. The summed E-state index contributed by atoms with van der Waals surface area (Å²) in [4.78, 5) is 49.9. The van der Waals surface area contributed by atoms with E-state index in [2.05, 4.69) is 0 Å². The quantitative estimate of drug-likeness (QED) is 0.518. The Morgan fingerprint density at radius 2 is 1.29 bits per heavy atom. The van der Waals surface area contributed by atoms with Crippen molar-refractivity contribution in [2.75, 3.05) is 4.90 Å². The van der Waals surface area contributed by atoms with Gasteiger partial charge in [0.1, 0.15) is 0 Å². The van der Waals surface area contributed by atoms with Gasteiger partial charge in [-0.3, -0.25) is 14.4 Å². The van der Waals surface area contributed by atoms with E-state index < -0.39 is 17.8 Å². The van der Waals surface area contributed by atoms with E-state index in [1.807, 2.05) is 0 Å². The summed E-state index contributed by atoms with van der Waals surface area (Å²) in [7, 11) is 0. The van der Waals surface area contributed by atoms with Crippen molar-refractivity contribution in [1.29, 1.82) is 0 Å². The van der Waals surface area contributed by atoms with Crippen LogP contribution in [0.5, 0.6) is 0 Å². The van der Waals surface area contributed by atoms with Crippen LogP contribution >= 0.6 is 0 Å². The van der Waals surface area contributed by atoms with Crippen molar-refractivity contribution in [1.82, 2.24) is 0 Å². The first-order valence-electron chi connectivity index (χ1n) is 8.41. The second kappa shape index (κ2) is 6.59. The fourth-order valence-electron chi connectivity index (χ4n) is 3.12. The van der Waals surface area contributed by atoms with Crippen molar-refractivity contribution in [2.45, 2.75) is 0 Å². The van der Waals surface area contributed by atoms with Gasteiger partial charge < -0.3 is 9.90 Å². The number of hydrogen-bond acceptors (Lipinski definition) is 5. The van der Waals surface area contributed by atoms with Crippen molar-refractivity contribution in [3.63, 3.8) is 0 Å². The molecule has 6 heteroatoms. The maximum atomic E-state index is 12.8. The van der Waals surface area contributed by atoms with E-state index in [9.17, 15) is 24.3 Å². The minimum atomic E-state index is -1.35. The highest BCUT2D eigenvalue weighted by Crippen LogP contribution is 2.29. The molecule has 0 saturated carbocycles. The Hall–Kier alpha value is -4.06. The number of carboxylic acid groups (broad SMARTS) is 1. The lowest BCUT2D eigenvalue weighted by atomic mass is 9.99. The SMILES string of the molecule is O=C([O-])c1ccc(N2C(=O)c3ccc(C(=O)c4ccccc4)cc3C2=O)cc1. The third kappa shape index (κ3) is 2.77. The highest BCUT2D eigenvalue weighted by molar-refractivity contribution is 6.35. The van der Waals surface area contributed by atoms with Crippen molar-refractivity contribution < 1.29 is 24.3 Å². The van der Waals surface area contributed by atoms with Crippen LogP contribution in [0.2, 0.25) is 0 Å². The number of aromatic carboxylic acids is 1. The molecule has 0 atom stereocenters. The molecule has 0 N–H and O–H groups in total. The van der Waals surface area contributed by atoms with Crippen molar-refractivity contribution in [3.05, 3.63) is 101 Å². The van der Waals surface area contributed by atoms with Gasteiger partial charge in [0.25, 0.3) is 11.8 Å². The lowest BCUT2D eigenvalue weighted by Gasteiger charge is -2.14. The number of anilines is 1. The molecule has 0 fully saturated rings. The molecule has 3 aromatic carbocycles. The summed E-state index contributed by atoms with van der Waals surface area (Å²) in [6, 6.07) is 18.3. The number of carbonyl (C=O) groups is 4. The average molecular weight is 370 g/mol. The predicted octanol–water partition coefficient (Wildman–Crippen LogP) is 2.08. The Kier molecular flexibility index (Phi) is 4.08. The molecule has 4 rings (SSSR count). The number of benzene rings is 3. The van der Waals surface area contributed by atoms with Crippen LogP contribution in [-0.2, 0) is 0 Å². The lowest BCUT2D eigenvalue weighted by Crippen LogP contribution is -2.29. The van der Waals surface area contributed by atoms with E-state index in [1.54, 1.807) is 30.3 Å². The molecule has 2 amide bonds.